The minimum Gasteiger partial charge on any atom is -0.333 e. The molecule has 1 saturated heterocycles. The summed E-state index contributed by atoms with van der Waals surface area (Å²) in [6.07, 6.45) is 4.81. The molecule has 1 fully saturated rings. The first-order chi connectivity index (χ1) is 10.2. The zero-order valence-corrected chi connectivity index (χ0v) is 13.3. The molecule has 1 aliphatic rings. The summed E-state index contributed by atoms with van der Waals surface area (Å²) in [5.74, 6) is 0.0541. The summed E-state index contributed by atoms with van der Waals surface area (Å²) in [4.78, 5) is 32.6. The average molecular weight is 324 g/mol. The van der Waals surface area contributed by atoms with Crippen molar-refractivity contribution in [3.8, 4) is 0 Å². The van der Waals surface area contributed by atoms with Gasteiger partial charge in [-0.05, 0) is 36.3 Å². The lowest BCUT2D eigenvalue weighted by Gasteiger charge is -2.16. The van der Waals surface area contributed by atoms with E-state index in [4.69, 9.17) is 4.84 Å². The number of pyridine rings is 1. The lowest BCUT2D eigenvalue weighted by molar-refractivity contribution is -0.186. The largest absolute Gasteiger partial charge is 0.333 e. The molecule has 0 bridgehead atoms. The fraction of sp³-hybridized carbons (Fsp3) is 0.357. The lowest BCUT2D eigenvalue weighted by atomic mass is 10.3. The molecule has 1 amide bonds. The van der Waals surface area contributed by atoms with Crippen molar-refractivity contribution in [2.45, 2.75) is 31.2 Å². The van der Waals surface area contributed by atoms with Crippen LogP contribution in [0.15, 0.2) is 41.2 Å². The predicted octanol–water partition coefficient (Wildman–Crippen LogP) is 3.20. The highest BCUT2D eigenvalue weighted by molar-refractivity contribution is 8.76. The summed E-state index contributed by atoms with van der Waals surface area (Å²) in [6, 6.07) is 5.69. The molecular formula is C14H16N2O3S2. The second-order valence-corrected chi connectivity index (χ2v) is 6.69. The zero-order chi connectivity index (χ0) is 15.1. The summed E-state index contributed by atoms with van der Waals surface area (Å²) in [6.45, 7) is 1.83. The number of carbonyl (C=O) groups is 2. The molecule has 0 saturated carbocycles. The second-order valence-electron chi connectivity index (χ2n) is 4.25. The van der Waals surface area contributed by atoms with Gasteiger partial charge in [0.2, 0.25) is 0 Å². The van der Waals surface area contributed by atoms with Gasteiger partial charge >= 0.3 is 5.97 Å². The molecule has 2 heterocycles. The van der Waals surface area contributed by atoms with Gasteiger partial charge in [-0.2, -0.15) is 0 Å². The smallest absolute Gasteiger partial charge is 0.333 e. The second kappa shape index (κ2) is 8.09. The third-order valence-electron chi connectivity index (χ3n) is 2.78. The summed E-state index contributed by atoms with van der Waals surface area (Å²) in [7, 11) is 3.05. The van der Waals surface area contributed by atoms with E-state index in [0.717, 1.165) is 15.8 Å². The number of amides is 1. The number of hydrogen-bond donors (Lipinski definition) is 0. The van der Waals surface area contributed by atoms with Gasteiger partial charge in [0.25, 0.3) is 5.91 Å². The van der Waals surface area contributed by atoms with Crippen molar-refractivity contribution in [2.75, 3.05) is 5.75 Å². The first-order valence-electron chi connectivity index (χ1n) is 6.60. The number of nitrogens with zero attached hydrogens (tertiary/aromatic N) is 2. The van der Waals surface area contributed by atoms with Gasteiger partial charge in [-0.25, -0.2) is 9.78 Å². The number of carbonyl (C=O) groups excluding carboxylic acids is 2. The minimum atomic E-state index is -0.390. The van der Waals surface area contributed by atoms with Crippen LogP contribution in [0.1, 0.15) is 26.2 Å². The van der Waals surface area contributed by atoms with Crippen molar-refractivity contribution in [3.63, 3.8) is 0 Å². The van der Waals surface area contributed by atoms with Crippen LogP contribution in [0.5, 0.6) is 0 Å². The van der Waals surface area contributed by atoms with Crippen molar-refractivity contribution in [1.29, 1.82) is 0 Å². The molecule has 0 aromatic carbocycles. The maximum Gasteiger partial charge on any atom is 0.333 e. The summed E-state index contributed by atoms with van der Waals surface area (Å²) < 4.78 is 0. The minimum absolute atomic E-state index is 0.160. The highest BCUT2D eigenvalue weighted by Gasteiger charge is 2.28. The Bertz CT molecular complexity index is 534. The van der Waals surface area contributed by atoms with Gasteiger partial charge < -0.3 is 4.84 Å². The Balaban J connectivity index is 1.69. The Morgan fingerprint density at radius 3 is 3.05 bits per heavy atom. The molecule has 0 radical (unpaired) electrons. The topological polar surface area (TPSA) is 59.5 Å². The van der Waals surface area contributed by atoms with E-state index in [2.05, 4.69) is 4.98 Å². The van der Waals surface area contributed by atoms with Gasteiger partial charge in [0.05, 0.1) is 12.1 Å². The molecule has 7 heteroatoms. The molecule has 1 aromatic rings. The highest BCUT2D eigenvalue weighted by Crippen LogP contribution is 2.29. The van der Waals surface area contributed by atoms with Gasteiger partial charge in [-0.15, -0.1) is 5.06 Å². The molecule has 0 aliphatic carbocycles. The van der Waals surface area contributed by atoms with E-state index in [1.165, 1.54) is 21.6 Å². The first-order valence-corrected chi connectivity index (χ1v) is 8.92. The van der Waals surface area contributed by atoms with E-state index in [1.54, 1.807) is 12.3 Å². The molecule has 0 atom stereocenters. The zero-order valence-electron chi connectivity index (χ0n) is 11.7. The molecule has 5 nitrogen and oxygen atoms in total. The van der Waals surface area contributed by atoms with Crippen LogP contribution in [0.2, 0.25) is 0 Å². The average Bonchev–Trinajstić information content (AvgIpc) is 2.85. The van der Waals surface area contributed by atoms with Crippen molar-refractivity contribution < 1.29 is 14.4 Å². The Labute approximate surface area is 131 Å². The Morgan fingerprint density at radius 2 is 2.33 bits per heavy atom. The standard InChI is InChI=1S/C14H16N2O3S2/c1-2-11-6-7-13(17)16(11)19-14(18)8-10-20-21-12-5-3-4-9-15-12/h2-5,9H,6-8,10H2,1H3/b11-2-. The summed E-state index contributed by atoms with van der Waals surface area (Å²) in [5, 5.41) is 2.03. The van der Waals surface area contributed by atoms with Crippen LogP contribution >= 0.6 is 21.6 Å². The van der Waals surface area contributed by atoms with Crippen LogP contribution in [0.3, 0.4) is 0 Å². The molecule has 1 aromatic heterocycles. The lowest BCUT2D eigenvalue weighted by Crippen LogP contribution is -2.27. The molecular weight excluding hydrogens is 308 g/mol. The Kier molecular flexibility index (Phi) is 6.13. The fourth-order valence-corrected chi connectivity index (χ4v) is 3.59. The normalized spacial score (nSPS) is 16.5. The van der Waals surface area contributed by atoms with Gasteiger partial charge in [0, 0.05) is 18.4 Å². The van der Waals surface area contributed by atoms with E-state index >= 15 is 0 Å². The maximum absolute atomic E-state index is 11.7. The van der Waals surface area contributed by atoms with Crippen LogP contribution in [0.25, 0.3) is 0 Å². The molecule has 0 unspecified atom stereocenters. The van der Waals surface area contributed by atoms with Gasteiger partial charge in [-0.3, -0.25) is 4.79 Å². The predicted molar refractivity (Wildman–Crippen MR) is 83.1 cm³/mol. The van der Waals surface area contributed by atoms with Crippen molar-refractivity contribution in [2.24, 2.45) is 0 Å². The number of hydroxylamine groups is 2. The molecule has 2 rings (SSSR count). The fourth-order valence-electron chi connectivity index (χ4n) is 1.74. The van der Waals surface area contributed by atoms with E-state index in [1.807, 2.05) is 25.1 Å². The third kappa shape index (κ3) is 4.78. The maximum atomic E-state index is 11.7. The first kappa shape index (κ1) is 15.9. The van der Waals surface area contributed by atoms with Gasteiger partial charge in [-0.1, -0.05) is 22.9 Å². The van der Waals surface area contributed by atoms with E-state index < -0.39 is 5.97 Å². The number of aromatic nitrogens is 1. The van der Waals surface area contributed by atoms with Crippen LogP contribution in [-0.4, -0.2) is 27.7 Å². The van der Waals surface area contributed by atoms with Crippen molar-refractivity contribution in [3.05, 3.63) is 36.2 Å². The highest BCUT2D eigenvalue weighted by atomic mass is 33.1. The molecule has 21 heavy (non-hydrogen) atoms. The molecule has 112 valence electrons. The SMILES string of the molecule is C/C=C1/CCC(=O)N1OC(=O)CCSSc1ccccn1. The van der Waals surface area contributed by atoms with Crippen molar-refractivity contribution >= 4 is 33.5 Å². The van der Waals surface area contributed by atoms with E-state index in [0.29, 0.717) is 18.6 Å². The Morgan fingerprint density at radius 1 is 1.48 bits per heavy atom. The Hall–Kier alpha value is -1.47. The number of hydrogen-bond acceptors (Lipinski definition) is 6. The van der Waals surface area contributed by atoms with E-state index in [9.17, 15) is 9.59 Å². The van der Waals surface area contributed by atoms with Crippen LogP contribution in [0, 0.1) is 0 Å². The molecule has 0 N–H and O–H groups in total. The number of allylic oxidation sites excluding steroid dienone is 2. The summed E-state index contributed by atoms with van der Waals surface area (Å²) in [5.41, 5.74) is 0.754. The van der Waals surface area contributed by atoms with Gasteiger partial charge in [0.15, 0.2) is 0 Å². The van der Waals surface area contributed by atoms with Crippen molar-refractivity contribution in [1.82, 2.24) is 10.0 Å². The number of rotatable bonds is 6. The van der Waals surface area contributed by atoms with Crippen LogP contribution < -0.4 is 0 Å². The third-order valence-corrected chi connectivity index (χ3v) is 5.05. The monoisotopic (exact) mass is 324 g/mol. The molecule has 1 aliphatic heterocycles. The van der Waals surface area contributed by atoms with Gasteiger partial charge in [0.1, 0.15) is 5.03 Å². The van der Waals surface area contributed by atoms with E-state index in [-0.39, 0.29) is 12.3 Å². The van der Waals surface area contributed by atoms with Crippen LogP contribution in [-0.2, 0) is 14.4 Å². The quantitative estimate of drug-likeness (QED) is 0.591. The molecule has 0 spiro atoms. The van der Waals surface area contributed by atoms with Crippen LogP contribution in [0.4, 0.5) is 0 Å². The summed E-state index contributed by atoms with van der Waals surface area (Å²) >= 11 is 0.